The summed E-state index contributed by atoms with van der Waals surface area (Å²) in [6.07, 6.45) is 5.84. The zero-order valence-corrected chi connectivity index (χ0v) is 13.5. The van der Waals surface area contributed by atoms with Gasteiger partial charge in [0, 0.05) is 31.4 Å². The highest BCUT2D eigenvalue weighted by molar-refractivity contribution is 5.93. The van der Waals surface area contributed by atoms with Crippen molar-refractivity contribution >= 4 is 11.7 Å². The van der Waals surface area contributed by atoms with Crippen LogP contribution in [-0.4, -0.2) is 56.4 Å². The van der Waals surface area contributed by atoms with Crippen LogP contribution in [-0.2, 0) is 0 Å². The minimum atomic E-state index is -0.993. The number of aryl methyl sites for hydroxylation is 1. The van der Waals surface area contributed by atoms with Crippen molar-refractivity contribution in [2.45, 2.75) is 25.4 Å². The minimum Gasteiger partial charge on any atom is -0.386 e. The molecule has 1 amide bonds. The van der Waals surface area contributed by atoms with E-state index in [1.54, 1.807) is 6.07 Å². The Hall–Kier alpha value is -2.61. The predicted octanol–water partition coefficient (Wildman–Crippen LogP) is 0.336. The quantitative estimate of drug-likeness (QED) is 0.834. The van der Waals surface area contributed by atoms with Gasteiger partial charge in [0.25, 0.3) is 5.91 Å². The third kappa shape index (κ3) is 3.83. The van der Waals surface area contributed by atoms with Crippen molar-refractivity contribution < 1.29 is 9.90 Å². The zero-order chi connectivity index (χ0) is 17.0. The van der Waals surface area contributed by atoms with Crippen LogP contribution in [0.15, 0.2) is 30.9 Å². The number of anilines is 1. The molecule has 1 unspecified atom stereocenters. The van der Waals surface area contributed by atoms with Gasteiger partial charge in [-0.25, -0.2) is 9.97 Å². The molecule has 1 saturated heterocycles. The molecule has 24 heavy (non-hydrogen) atoms. The maximum absolute atomic E-state index is 12.1. The highest BCUT2D eigenvalue weighted by Gasteiger charge is 2.34. The second-order valence-corrected chi connectivity index (χ2v) is 6.08. The number of hydrogen-bond acceptors (Lipinski definition) is 7. The third-order valence-corrected chi connectivity index (χ3v) is 4.09. The van der Waals surface area contributed by atoms with Gasteiger partial charge >= 0.3 is 0 Å². The summed E-state index contributed by atoms with van der Waals surface area (Å²) in [5.74, 6) is 0.526. The predicted molar refractivity (Wildman–Crippen MR) is 87.5 cm³/mol. The van der Waals surface area contributed by atoms with Crippen LogP contribution in [0.2, 0.25) is 0 Å². The van der Waals surface area contributed by atoms with Crippen molar-refractivity contribution in [1.29, 1.82) is 0 Å². The molecule has 0 aliphatic carbocycles. The lowest BCUT2D eigenvalue weighted by atomic mass is 9.92. The Labute approximate surface area is 140 Å². The molecule has 2 aromatic rings. The van der Waals surface area contributed by atoms with Gasteiger partial charge in [-0.05, 0) is 25.8 Å². The normalized spacial score (nSPS) is 20.7. The van der Waals surface area contributed by atoms with Gasteiger partial charge in [-0.1, -0.05) is 0 Å². The maximum atomic E-state index is 12.1. The molecule has 0 saturated carbocycles. The largest absolute Gasteiger partial charge is 0.386 e. The van der Waals surface area contributed by atoms with E-state index in [0.29, 0.717) is 18.5 Å². The van der Waals surface area contributed by atoms with Crippen LogP contribution >= 0.6 is 0 Å². The van der Waals surface area contributed by atoms with Crippen LogP contribution in [0.25, 0.3) is 0 Å². The van der Waals surface area contributed by atoms with E-state index in [1.165, 1.54) is 18.7 Å². The average molecular weight is 328 g/mol. The highest BCUT2D eigenvalue weighted by atomic mass is 16.3. The van der Waals surface area contributed by atoms with Gasteiger partial charge < -0.3 is 15.3 Å². The second kappa shape index (κ2) is 6.88. The third-order valence-electron chi connectivity index (χ3n) is 4.09. The zero-order valence-electron chi connectivity index (χ0n) is 13.5. The monoisotopic (exact) mass is 328 g/mol. The molecular formula is C16H20N6O2. The summed E-state index contributed by atoms with van der Waals surface area (Å²) in [7, 11) is 0. The number of carbonyl (C=O) groups excluding carboxylic acids is 1. The molecule has 0 aromatic carbocycles. The van der Waals surface area contributed by atoms with Crippen molar-refractivity contribution in [2.75, 3.05) is 24.5 Å². The van der Waals surface area contributed by atoms with Crippen molar-refractivity contribution in [3.8, 4) is 0 Å². The maximum Gasteiger partial charge on any atom is 0.253 e. The van der Waals surface area contributed by atoms with Crippen molar-refractivity contribution in [3.63, 3.8) is 0 Å². The van der Waals surface area contributed by atoms with Gasteiger partial charge in [0.2, 0.25) is 0 Å². The lowest BCUT2D eigenvalue weighted by molar-refractivity contribution is 0.0254. The summed E-state index contributed by atoms with van der Waals surface area (Å²) in [6.45, 7) is 3.32. The fourth-order valence-electron chi connectivity index (χ4n) is 2.84. The number of aromatic nitrogens is 4. The first-order chi connectivity index (χ1) is 11.6. The van der Waals surface area contributed by atoms with Crippen molar-refractivity contribution in [3.05, 3.63) is 42.1 Å². The van der Waals surface area contributed by atoms with E-state index in [4.69, 9.17) is 0 Å². The number of β-amino-alcohol motifs (C(OH)–C–C–N with tert-alkyl or cyclic N) is 1. The lowest BCUT2D eigenvalue weighted by Gasteiger charge is -2.39. The number of nitrogens with one attached hydrogen (secondary N) is 1. The molecule has 1 fully saturated rings. The molecule has 0 bridgehead atoms. The summed E-state index contributed by atoms with van der Waals surface area (Å²) in [6, 6.07) is 3.48. The Morgan fingerprint density at radius 1 is 1.42 bits per heavy atom. The summed E-state index contributed by atoms with van der Waals surface area (Å²) in [5, 5.41) is 20.9. The molecule has 1 aliphatic rings. The molecule has 2 N–H and O–H groups in total. The Balaban J connectivity index is 1.63. The van der Waals surface area contributed by atoms with E-state index in [2.05, 4.69) is 25.5 Å². The fourth-order valence-corrected chi connectivity index (χ4v) is 2.84. The number of rotatable bonds is 4. The van der Waals surface area contributed by atoms with E-state index in [-0.39, 0.29) is 12.5 Å². The molecule has 0 spiro atoms. The number of aliphatic hydroxyl groups is 1. The van der Waals surface area contributed by atoms with Gasteiger partial charge in [-0.15, -0.1) is 0 Å². The van der Waals surface area contributed by atoms with Crippen LogP contribution < -0.4 is 10.2 Å². The first-order valence-corrected chi connectivity index (χ1v) is 7.87. The van der Waals surface area contributed by atoms with Crippen molar-refractivity contribution in [1.82, 2.24) is 25.5 Å². The average Bonchev–Trinajstić information content (AvgIpc) is 2.60. The molecule has 0 radical (unpaired) electrons. The Morgan fingerprint density at radius 3 is 3.04 bits per heavy atom. The van der Waals surface area contributed by atoms with Gasteiger partial charge in [0.1, 0.15) is 12.1 Å². The summed E-state index contributed by atoms with van der Waals surface area (Å²) in [4.78, 5) is 22.5. The standard InChI is InChI=1S/C16H20N6O2/c1-12-7-14(19-11-18-12)22-6-2-4-16(24,10-22)9-17-15(23)13-3-5-20-21-8-13/h3,5,7-8,11,24H,2,4,6,9-10H2,1H3,(H,17,23). The molecule has 126 valence electrons. The van der Waals surface area contributed by atoms with Crippen molar-refractivity contribution in [2.24, 2.45) is 0 Å². The number of hydrogen-bond donors (Lipinski definition) is 2. The van der Waals surface area contributed by atoms with E-state index in [9.17, 15) is 9.90 Å². The number of piperidine rings is 1. The molecular weight excluding hydrogens is 308 g/mol. The van der Waals surface area contributed by atoms with Crippen LogP contribution in [0.3, 0.4) is 0 Å². The Bertz CT molecular complexity index is 711. The summed E-state index contributed by atoms with van der Waals surface area (Å²) < 4.78 is 0. The SMILES string of the molecule is Cc1cc(N2CCCC(O)(CNC(=O)c3ccnnc3)C2)ncn1. The number of amides is 1. The van der Waals surface area contributed by atoms with Gasteiger partial charge in [0.05, 0.1) is 23.6 Å². The molecule has 1 aliphatic heterocycles. The first kappa shape index (κ1) is 16.3. The van der Waals surface area contributed by atoms with Gasteiger partial charge in [-0.2, -0.15) is 10.2 Å². The molecule has 2 aromatic heterocycles. The van der Waals surface area contributed by atoms with Gasteiger partial charge in [-0.3, -0.25) is 4.79 Å². The Kier molecular flexibility index (Phi) is 4.66. The topological polar surface area (TPSA) is 104 Å². The Morgan fingerprint density at radius 2 is 2.29 bits per heavy atom. The van der Waals surface area contributed by atoms with Crippen LogP contribution in [0.5, 0.6) is 0 Å². The fraction of sp³-hybridized carbons (Fsp3) is 0.438. The van der Waals surface area contributed by atoms with E-state index in [0.717, 1.165) is 24.5 Å². The summed E-state index contributed by atoms with van der Waals surface area (Å²) >= 11 is 0. The molecule has 3 heterocycles. The van der Waals surface area contributed by atoms with E-state index < -0.39 is 5.60 Å². The van der Waals surface area contributed by atoms with E-state index >= 15 is 0 Å². The second-order valence-electron chi connectivity index (χ2n) is 6.08. The smallest absolute Gasteiger partial charge is 0.253 e. The molecule has 1 atom stereocenters. The van der Waals surface area contributed by atoms with Gasteiger partial charge in [0.15, 0.2) is 0 Å². The molecule has 8 heteroatoms. The molecule has 3 rings (SSSR count). The summed E-state index contributed by atoms with van der Waals surface area (Å²) in [5.41, 5.74) is 0.313. The van der Waals surface area contributed by atoms with Crippen LogP contribution in [0, 0.1) is 6.92 Å². The molecule has 8 nitrogen and oxygen atoms in total. The minimum absolute atomic E-state index is 0.175. The lowest BCUT2D eigenvalue weighted by Crippen LogP contribution is -2.54. The van der Waals surface area contributed by atoms with E-state index in [1.807, 2.05) is 17.9 Å². The number of carbonyl (C=O) groups is 1. The number of nitrogens with zero attached hydrogens (tertiary/aromatic N) is 5. The van der Waals surface area contributed by atoms with Crippen LogP contribution in [0.4, 0.5) is 5.82 Å². The van der Waals surface area contributed by atoms with Crippen LogP contribution in [0.1, 0.15) is 28.9 Å². The first-order valence-electron chi connectivity index (χ1n) is 7.87. The highest BCUT2D eigenvalue weighted by Crippen LogP contribution is 2.24.